The van der Waals surface area contributed by atoms with Gasteiger partial charge in [0.05, 0.1) is 43.6 Å². The van der Waals surface area contributed by atoms with Gasteiger partial charge in [-0.2, -0.15) is 32.2 Å². The van der Waals surface area contributed by atoms with Crippen LogP contribution in [-0.4, -0.2) is 147 Å². The number of phenolic OH excluding ortho intramolecular Hbond substituents is 1. The summed E-state index contributed by atoms with van der Waals surface area (Å²) in [5.74, 6) is -1.03. The molecule has 10 N–H and O–H groups in total. The molecule has 0 aromatic heterocycles. The van der Waals surface area contributed by atoms with Crippen LogP contribution in [0.2, 0.25) is 0 Å². The summed E-state index contributed by atoms with van der Waals surface area (Å²) in [7, 11) is -14.5. The van der Waals surface area contributed by atoms with E-state index in [0.717, 1.165) is 24.3 Å². The number of nitrogens with one attached hydrogen (secondary N) is 1. The first-order chi connectivity index (χ1) is 27.7. The molecule has 0 atom stereocenters. The number of anilines is 4. The molecule has 0 aliphatic heterocycles. The topological polar surface area (TPSA) is 370 Å². The number of non-ortho nitro benzene ring substituents is 1. The maximum Gasteiger partial charge on any atom is 0.296 e. The van der Waals surface area contributed by atoms with Crippen molar-refractivity contribution in [3.05, 3.63) is 113 Å². The Morgan fingerprint density at radius 1 is 0.607 bits per heavy atom. The average Bonchev–Trinajstić information content (AvgIpc) is 3.16. The summed E-state index contributed by atoms with van der Waals surface area (Å²) in [5, 5.41) is 44.7. The second-order valence-electron chi connectivity index (χ2n) is 12.1. The summed E-state index contributed by atoms with van der Waals surface area (Å²) < 4.78 is 98.2. The Labute approximate surface area is 431 Å². The van der Waals surface area contributed by atoms with Crippen molar-refractivity contribution in [2.75, 3.05) is 21.9 Å². The third-order valence-corrected chi connectivity index (χ3v) is 11.2. The Kier molecular flexibility index (Phi) is 16.1. The summed E-state index contributed by atoms with van der Waals surface area (Å²) in [6.45, 7) is 0. The van der Waals surface area contributed by atoms with Gasteiger partial charge in [0.1, 0.15) is 26.9 Å². The molecule has 22 nitrogen and oxygen atoms in total. The first-order valence-electron chi connectivity index (χ1n) is 16.2. The van der Waals surface area contributed by atoms with E-state index in [9.17, 15) is 49.6 Å². The summed E-state index contributed by atoms with van der Waals surface area (Å²) in [5.41, 5.74) is 16.9. The number of hydrogen-bond donors (Lipinski definition) is 7. The van der Waals surface area contributed by atoms with Crippen LogP contribution in [0.1, 0.15) is 0 Å². The van der Waals surface area contributed by atoms with Crippen molar-refractivity contribution < 1.29 is 44.4 Å². The van der Waals surface area contributed by atoms with Gasteiger partial charge in [-0.05, 0) is 96.4 Å². The molecule has 61 heavy (non-hydrogen) atoms. The van der Waals surface area contributed by atoms with Crippen molar-refractivity contribution in [3.63, 3.8) is 0 Å². The Hall–Kier alpha value is -4.18. The Bertz CT molecular complexity index is 3100. The van der Waals surface area contributed by atoms with Crippen molar-refractivity contribution in [1.29, 1.82) is 0 Å². The van der Waals surface area contributed by atoms with Gasteiger partial charge in [0.15, 0.2) is 5.75 Å². The molecule has 0 aliphatic carbocycles. The smallest absolute Gasteiger partial charge is 0.296 e. The van der Waals surface area contributed by atoms with Gasteiger partial charge < -0.3 is 22.3 Å². The van der Waals surface area contributed by atoms with Gasteiger partial charge >= 0.3 is 0 Å². The van der Waals surface area contributed by atoms with E-state index in [1.165, 1.54) is 54.6 Å². The number of aromatic hydroxyl groups is 1. The molecule has 0 saturated heterocycles. The number of hydrogen-bond acceptors (Lipinski definition) is 18. The van der Waals surface area contributed by atoms with E-state index in [4.69, 9.17) is 17.2 Å². The number of azo groups is 3. The number of nitro benzene ring substituents is 1. The third kappa shape index (κ3) is 11.8. The zero-order valence-electron chi connectivity index (χ0n) is 31.5. The fraction of sp³-hybridized carbons (Fsp3) is 0. The molecular formula is C34H27K2N11O11S3. The minimum atomic E-state index is -5.22. The number of fused-ring (bicyclic) bond motifs is 1. The molecule has 6 rings (SSSR count). The number of nitro groups is 1. The van der Waals surface area contributed by atoms with E-state index >= 15 is 0 Å². The first kappa shape index (κ1) is 49.5. The minimum absolute atomic E-state index is 0. The normalized spacial score (nSPS) is 12.1. The van der Waals surface area contributed by atoms with E-state index in [2.05, 4.69) is 35.4 Å². The molecule has 0 fully saturated rings. The molecule has 0 spiro atoms. The zero-order chi connectivity index (χ0) is 42.9. The van der Waals surface area contributed by atoms with Crippen molar-refractivity contribution >= 4 is 206 Å². The zero-order valence-corrected chi connectivity index (χ0v) is 40.2. The van der Waals surface area contributed by atoms with Crippen LogP contribution >= 0.6 is 0 Å². The van der Waals surface area contributed by atoms with Crippen LogP contribution < -0.4 is 21.9 Å². The fourth-order valence-electron chi connectivity index (χ4n) is 5.24. The van der Waals surface area contributed by atoms with Gasteiger partial charge in [0, 0.05) is 126 Å². The Balaban J connectivity index is 0.00000410. The number of nitrogens with zero attached hydrogens (tertiary/aromatic N) is 7. The standard InChI is InChI=1S/C34H27N11O11S3.2K/c35-19-1-14-27(26(36)17-19)41-38-20-2-4-23(5-3-20)44-57(49,50)25-12-8-22(9-13-25)40-43-33-29(59(54,55)56)16-18-15-28(58(51,52)53)32(31(37)30(18)34(33)46)42-39-21-6-10-24(11-7-21)45(47)48;;/h1-17,44,46H,35-37H2,(H,51,52,53)(H,54,55,56);;. The molecule has 2 radical (unpaired) electrons. The van der Waals surface area contributed by atoms with Gasteiger partial charge in [-0.15, -0.1) is 15.3 Å². The number of nitrogens with two attached hydrogens (primary N) is 3. The van der Waals surface area contributed by atoms with E-state index in [0.29, 0.717) is 34.9 Å². The molecule has 6 aromatic carbocycles. The number of rotatable bonds is 12. The molecule has 6 aromatic rings. The second-order valence-corrected chi connectivity index (χ2v) is 16.6. The van der Waals surface area contributed by atoms with Gasteiger partial charge in [-0.25, -0.2) is 8.42 Å². The predicted molar refractivity (Wildman–Crippen MR) is 226 cm³/mol. The van der Waals surface area contributed by atoms with Crippen molar-refractivity contribution in [2.24, 2.45) is 30.7 Å². The maximum atomic E-state index is 13.1. The van der Waals surface area contributed by atoms with Gasteiger partial charge in [-0.1, -0.05) is 0 Å². The maximum absolute atomic E-state index is 13.1. The molecule has 304 valence electrons. The Morgan fingerprint density at radius 3 is 1.59 bits per heavy atom. The monoisotopic (exact) mass is 939 g/mol. The van der Waals surface area contributed by atoms with E-state index in [1.54, 1.807) is 12.1 Å². The van der Waals surface area contributed by atoms with E-state index in [1.807, 2.05) is 0 Å². The van der Waals surface area contributed by atoms with Crippen LogP contribution in [-0.2, 0) is 30.3 Å². The summed E-state index contributed by atoms with van der Waals surface area (Å²) in [4.78, 5) is 8.05. The van der Waals surface area contributed by atoms with Crippen LogP contribution in [0.3, 0.4) is 0 Å². The molecular weight excluding hydrogens is 913 g/mol. The first-order valence-corrected chi connectivity index (χ1v) is 20.5. The van der Waals surface area contributed by atoms with Crippen LogP contribution in [0, 0.1) is 10.1 Å². The molecule has 0 unspecified atom stereocenters. The SMILES string of the molecule is Nc1ccc(N=Nc2ccc(NS(=O)(=O)c3ccc(N=Nc4c(S(=O)(=O)O)cc5cc(S(=O)(=O)O)c(N=Nc6ccc([N+](=O)[O-])cc6)c(N)c5c4O)cc3)cc2)c(N)c1.[K].[K]. The quantitative estimate of drug-likeness (QED) is 0.0163. The van der Waals surface area contributed by atoms with Crippen LogP contribution in [0.15, 0.2) is 149 Å². The molecule has 0 aliphatic rings. The number of nitrogen functional groups attached to an aromatic ring is 3. The summed E-state index contributed by atoms with van der Waals surface area (Å²) in [6.07, 6.45) is 0. The number of benzene rings is 6. The van der Waals surface area contributed by atoms with Gasteiger partial charge in [0.2, 0.25) is 0 Å². The van der Waals surface area contributed by atoms with E-state index in [-0.39, 0.29) is 130 Å². The molecule has 0 bridgehead atoms. The van der Waals surface area contributed by atoms with E-state index < -0.39 is 78.6 Å². The van der Waals surface area contributed by atoms with Crippen LogP contribution in [0.4, 0.5) is 62.6 Å². The summed E-state index contributed by atoms with van der Waals surface area (Å²) in [6, 6.07) is 21.3. The van der Waals surface area contributed by atoms with Crippen LogP contribution in [0.25, 0.3) is 10.8 Å². The molecule has 0 heterocycles. The molecule has 0 amide bonds. The minimum Gasteiger partial charge on any atom is -0.505 e. The predicted octanol–water partition coefficient (Wildman–Crippen LogP) is 6.98. The fourth-order valence-corrected chi connectivity index (χ4v) is 7.63. The van der Waals surface area contributed by atoms with Crippen molar-refractivity contribution in [2.45, 2.75) is 14.7 Å². The van der Waals surface area contributed by atoms with Gasteiger partial charge in [0.25, 0.3) is 35.9 Å². The molecule has 0 saturated carbocycles. The summed E-state index contributed by atoms with van der Waals surface area (Å²) >= 11 is 0. The second kappa shape index (κ2) is 19.9. The van der Waals surface area contributed by atoms with Crippen LogP contribution in [0.5, 0.6) is 5.75 Å². The number of sulfonamides is 1. The van der Waals surface area contributed by atoms with Crippen molar-refractivity contribution in [1.82, 2.24) is 0 Å². The van der Waals surface area contributed by atoms with Crippen molar-refractivity contribution in [3.8, 4) is 5.75 Å². The Morgan fingerprint density at radius 2 is 1.08 bits per heavy atom. The number of phenols is 1. The largest absolute Gasteiger partial charge is 0.505 e. The molecule has 27 heteroatoms. The van der Waals surface area contributed by atoms with Gasteiger partial charge in [-0.3, -0.25) is 23.9 Å². The average molecular weight is 940 g/mol. The third-order valence-electron chi connectivity index (χ3n) is 8.05.